The van der Waals surface area contributed by atoms with Crippen molar-refractivity contribution in [2.75, 3.05) is 0 Å². The van der Waals surface area contributed by atoms with Crippen molar-refractivity contribution in [1.29, 1.82) is 0 Å². The number of aromatic amines is 1. The molecule has 0 radical (unpaired) electrons. The molecular formula is C16H15N3O. The largest absolute Gasteiger partial charge is 0.361 e. The highest BCUT2D eigenvalue weighted by molar-refractivity contribution is 6.30. The Labute approximate surface area is 116 Å². The Balaban J connectivity index is 1.82. The van der Waals surface area contributed by atoms with Crippen molar-refractivity contribution in [2.24, 2.45) is 10.5 Å². The number of benzene rings is 1. The van der Waals surface area contributed by atoms with E-state index in [2.05, 4.69) is 28.5 Å². The van der Waals surface area contributed by atoms with Crippen LogP contribution in [-0.4, -0.2) is 16.6 Å². The zero-order chi connectivity index (χ0) is 13.7. The van der Waals surface area contributed by atoms with E-state index in [9.17, 15) is 4.79 Å². The minimum absolute atomic E-state index is 0.0805. The van der Waals surface area contributed by atoms with Crippen LogP contribution in [0.2, 0.25) is 0 Å². The van der Waals surface area contributed by atoms with E-state index in [1.54, 1.807) is 0 Å². The second-order valence-electron chi connectivity index (χ2n) is 5.81. The molecular weight excluding hydrogens is 250 g/mol. The smallest absolute Gasteiger partial charge is 0.273 e. The third-order valence-electron chi connectivity index (χ3n) is 4.26. The molecule has 2 N–H and O–H groups in total. The molecule has 2 aromatic rings. The molecule has 2 aliphatic rings. The van der Waals surface area contributed by atoms with Gasteiger partial charge < -0.3 is 4.98 Å². The van der Waals surface area contributed by atoms with Crippen LogP contribution in [0.5, 0.6) is 0 Å². The first-order valence-electron chi connectivity index (χ1n) is 6.84. The van der Waals surface area contributed by atoms with E-state index in [-0.39, 0.29) is 11.3 Å². The second-order valence-corrected chi connectivity index (χ2v) is 5.81. The topological polar surface area (TPSA) is 57.2 Å². The lowest BCUT2D eigenvalue weighted by Gasteiger charge is -2.07. The van der Waals surface area contributed by atoms with Gasteiger partial charge in [0, 0.05) is 28.1 Å². The first-order chi connectivity index (χ1) is 9.67. The molecule has 1 aliphatic heterocycles. The summed E-state index contributed by atoms with van der Waals surface area (Å²) in [5.74, 6) is -0.0987. The summed E-state index contributed by atoms with van der Waals surface area (Å²) in [5.41, 5.74) is 6.40. The number of carbonyl (C=O) groups excluding carboxylic acids is 1. The Morgan fingerprint density at radius 3 is 2.90 bits per heavy atom. The Morgan fingerprint density at radius 1 is 1.30 bits per heavy atom. The molecule has 1 amide bonds. The van der Waals surface area contributed by atoms with Gasteiger partial charge in [0.05, 0.1) is 11.3 Å². The van der Waals surface area contributed by atoms with Crippen LogP contribution in [0.25, 0.3) is 17.0 Å². The van der Waals surface area contributed by atoms with E-state index in [1.807, 2.05) is 30.5 Å². The van der Waals surface area contributed by atoms with Gasteiger partial charge in [-0.15, -0.1) is 0 Å². The van der Waals surface area contributed by atoms with Crippen molar-refractivity contribution in [2.45, 2.75) is 19.8 Å². The maximum Gasteiger partial charge on any atom is 0.273 e. The van der Waals surface area contributed by atoms with Crippen molar-refractivity contribution >= 4 is 28.6 Å². The molecule has 0 spiro atoms. The van der Waals surface area contributed by atoms with Crippen LogP contribution in [0.15, 0.2) is 41.1 Å². The highest BCUT2D eigenvalue weighted by Gasteiger charge is 2.47. The van der Waals surface area contributed by atoms with Crippen LogP contribution < -0.4 is 5.43 Å². The van der Waals surface area contributed by atoms with Crippen LogP contribution in [-0.2, 0) is 4.79 Å². The average Bonchev–Trinajstić information content (AvgIpc) is 2.92. The molecule has 0 atom stereocenters. The SMILES string of the molecule is CC1(C2=NNC(=O)C2=Cc2c[nH]c3ccccc23)CC1. The summed E-state index contributed by atoms with van der Waals surface area (Å²) in [6.45, 7) is 2.16. The quantitative estimate of drug-likeness (QED) is 0.806. The molecule has 0 unspecified atom stereocenters. The number of amides is 1. The van der Waals surface area contributed by atoms with Gasteiger partial charge in [0.1, 0.15) is 0 Å². The van der Waals surface area contributed by atoms with Gasteiger partial charge in [-0.1, -0.05) is 25.1 Å². The fourth-order valence-corrected chi connectivity index (χ4v) is 2.72. The Hall–Kier alpha value is -2.36. The number of hydrazone groups is 1. The number of fused-ring (bicyclic) bond motifs is 1. The molecule has 1 aromatic heterocycles. The normalized spacial score (nSPS) is 22.1. The van der Waals surface area contributed by atoms with E-state index in [1.165, 1.54) is 0 Å². The van der Waals surface area contributed by atoms with E-state index in [0.717, 1.165) is 35.0 Å². The van der Waals surface area contributed by atoms with E-state index >= 15 is 0 Å². The maximum absolute atomic E-state index is 12.0. The van der Waals surface area contributed by atoms with Crippen LogP contribution in [0.4, 0.5) is 0 Å². The van der Waals surface area contributed by atoms with Gasteiger partial charge in [0.25, 0.3) is 5.91 Å². The summed E-state index contributed by atoms with van der Waals surface area (Å²) >= 11 is 0. The molecule has 0 bridgehead atoms. The average molecular weight is 265 g/mol. The molecule has 2 heterocycles. The monoisotopic (exact) mass is 265 g/mol. The van der Waals surface area contributed by atoms with Crippen LogP contribution in [0.1, 0.15) is 25.3 Å². The third-order valence-corrected chi connectivity index (χ3v) is 4.26. The number of aromatic nitrogens is 1. The molecule has 1 aromatic carbocycles. The lowest BCUT2D eigenvalue weighted by atomic mass is 9.94. The van der Waals surface area contributed by atoms with Crippen molar-refractivity contribution in [3.63, 3.8) is 0 Å². The second kappa shape index (κ2) is 3.82. The van der Waals surface area contributed by atoms with Gasteiger partial charge in [-0.05, 0) is 25.0 Å². The summed E-state index contributed by atoms with van der Waals surface area (Å²) in [5, 5.41) is 5.36. The van der Waals surface area contributed by atoms with Crippen LogP contribution in [0.3, 0.4) is 0 Å². The molecule has 20 heavy (non-hydrogen) atoms. The third kappa shape index (κ3) is 1.61. The number of hydrogen-bond donors (Lipinski definition) is 2. The molecule has 4 rings (SSSR count). The first kappa shape index (κ1) is 11.5. The van der Waals surface area contributed by atoms with E-state index in [4.69, 9.17) is 0 Å². The molecule has 1 saturated carbocycles. The van der Waals surface area contributed by atoms with Gasteiger partial charge in [-0.2, -0.15) is 5.10 Å². The van der Waals surface area contributed by atoms with Crippen molar-refractivity contribution in [3.05, 3.63) is 41.6 Å². The van der Waals surface area contributed by atoms with Gasteiger partial charge in [0.15, 0.2) is 0 Å². The van der Waals surface area contributed by atoms with E-state index in [0.29, 0.717) is 5.57 Å². The Bertz CT molecular complexity index is 778. The maximum atomic E-state index is 12.0. The summed E-state index contributed by atoms with van der Waals surface area (Å²) in [6.07, 6.45) is 6.09. The number of para-hydroxylation sites is 1. The fourth-order valence-electron chi connectivity index (χ4n) is 2.72. The Morgan fingerprint density at radius 2 is 2.10 bits per heavy atom. The lowest BCUT2D eigenvalue weighted by Crippen LogP contribution is -2.17. The molecule has 1 fully saturated rings. The number of nitrogens with zero attached hydrogens (tertiary/aromatic N) is 1. The predicted molar refractivity (Wildman–Crippen MR) is 79.2 cm³/mol. The van der Waals surface area contributed by atoms with Crippen molar-refractivity contribution in [3.8, 4) is 0 Å². The predicted octanol–water partition coefficient (Wildman–Crippen LogP) is 2.84. The summed E-state index contributed by atoms with van der Waals surface area (Å²) < 4.78 is 0. The number of hydrogen-bond acceptors (Lipinski definition) is 2. The lowest BCUT2D eigenvalue weighted by molar-refractivity contribution is -0.116. The Kier molecular flexibility index (Phi) is 2.19. The van der Waals surface area contributed by atoms with Gasteiger partial charge in [-0.3, -0.25) is 4.79 Å². The van der Waals surface area contributed by atoms with E-state index < -0.39 is 0 Å². The minimum Gasteiger partial charge on any atom is -0.361 e. The van der Waals surface area contributed by atoms with Crippen molar-refractivity contribution in [1.82, 2.24) is 10.4 Å². The number of H-pyrrole nitrogens is 1. The molecule has 0 saturated heterocycles. The first-order valence-corrected chi connectivity index (χ1v) is 6.84. The van der Waals surface area contributed by atoms with Crippen LogP contribution >= 0.6 is 0 Å². The number of rotatable bonds is 2. The number of nitrogens with one attached hydrogen (secondary N) is 2. The molecule has 4 heteroatoms. The summed E-state index contributed by atoms with van der Waals surface area (Å²) in [4.78, 5) is 15.2. The summed E-state index contributed by atoms with van der Waals surface area (Å²) in [7, 11) is 0. The zero-order valence-electron chi connectivity index (χ0n) is 11.2. The highest BCUT2D eigenvalue weighted by atomic mass is 16.2. The zero-order valence-corrected chi connectivity index (χ0v) is 11.2. The highest BCUT2D eigenvalue weighted by Crippen LogP contribution is 2.49. The van der Waals surface area contributed by atoms with Gasteiger partial charge >= 0.3 is 0 Å². The minimum atomic E-state index is -0.0987. The van der Waals surface area contributed by atoms with Crippen LogP contribution in [0, 0.1) is 5.41 Å². The molecule has 4 nitrogen and oxygen atoms in total. The number of carbonyl (C=O) groups is 1. The fraction of sp³-hybridized carbons (Fsp3) is 0.250. The van der Waals surface area contributed by atoms with Crippen molar-refractivity contribution < 1.29 is 4.79 Å². The van der Waals surface area contributed by atoms with Gasteiger partial charge in [-0.25, -0.2) is 5.43 Å². The van der Waals surface area contributed by atoms with Gasteiger partial charge in [0.2, 0.25) is 0 Å². The molecule has 100 valence electrons. The molecule has 1 aliphatic carbocycles. The summed E-state index contributed by atoms with van der Waals surface area (Å²) in [6, 6.07) is 8.09. The standard InChI is InChI=1S/C16H15N3O/c1-16(6-7-16)14-12(15(20)19-18-14)8-10-9-17-13-5-3-2-4-11(10)13/h2-5,8-9,17H,6-7H2,1H3,(H,19,20).